The average Bonchev–Trinajstić information content (AvgIpc) is 2.13. The molecule has 0 saturated heterocycles. The molecule has 0 bridgehead atoms. The Morgan fingerprint density at radius 1 is 1.09 bits per heavy atom. The van der Waals surface area contributed by atoms with Crippen LogP contribution in [-0.2, 0) is 26.2 Å². The van der Waals surface area contributed by atoms with Gasteiger partial charge in [-0.1, -0.05) is 38.5 Å². The normalized spacial score (nSPS) is 17.9. The maximum absolute atomic E-state index is 2.28. The van der Waals surface area contributed by atoms with Crippen LogP contribution >= 0.6 is 0 Å². The molecule has 0 fully saturated rings. The smallest absolute Gasteiger partial charge is 0.0195 e. The number of allylic oxidation sites excluding steroid dienone is 4. The van der Waals surface area contributed by atoms with Crippen molar-refractivity contribution in [3.63, 3.8) is 0 Å². The fourth-order valence-electron chi connectivity index (χ4n) is 1.10. The monoisotopic (exact) mass is 225 g/mol. The molecule has 0 aromatic carbocycles. The molecule has 0 spiro atoms. The van der Waals surface area contributed by atoms with Crippen LogP contribution in [0.5, 0.6) is 0 Å². The summed E-state index contributed by atoms with van der Waals surface area (Å²) in [6.45, 7) is 8.80. The predicted octanol–water partition coefficient (Wildman–Crippen LogP) is 3.12. The van der Waals surface area contributed by atoms with Crippen molar-refractivity contribution in [1.82, 2.24) is 0 Å². The summed E-state index contributed by atoms with van der Waals surface area (Å²) in [7, 11) is 0. The van der Waals surface area contributed by atoms with Crippen molar-refractivity contribution in [3.8, 4) is 0 Å². The largest absolute Gasteiger partial charge is 0.0699 e. The second-order valence-electron chi connectivity index (χ2n) is 3.31. The predicted molar refractivity (Wildman–Crippen MR) is 45.6 cm³/mol. The third kappa shape index (κ3) is 2.71. The molecule has 11 heavy (non-hydrogen) atoms. The second-order valence-corrected chi connectivity index (χ2v) is 3.31. The van der Waals surface area contributed by atoms with Gasteiger partial charge in [0.2, 0.25) is 0 Å². The Hall–Kier alpha value is 0.363. The molecular weight excluding hydrogens is 211 g/mol. The molecule has 59 valence electrons. The van der Waals surface area contributed by atoms with E-state index < -0.39 is 0 Å². The van der Waals surface area contributed by atoms with Crippen LogP contribution in [0, 0.1) is 11.8 Å². The van der Waals surface area contributed by atoms with Crippen LogP contribution in [0.15, 0.2) is 23.3 Å². The van der Waals surface area contributed by atoms with Crippen LogP contribution in [0.4, 0.5) is 0 Å². The standard InChI is InChI=1S/C10H15.Zr/c1-7(2)10-5-8(3)9(4)6-10;/h5-7H,1-4H3;. The van der Waals surface area contributed by atoms with Crippen molar-refractivity contribution >= 4 is 0 Å². The molecule has 0 amide bonds. The first-order chi connectivity index (χ1) is 4.61. The van der Waals surface area contributed by atoms with Crippen LogP contribution in [0.3, 0.4) is 0 Å². The Bertz CT molecular complexity index is 187. The molecule has 0 N–H and O–H groups in total. The molecule has 0 aromatic heterocycles. The zero-order valence-electron chi connectivity index (χ0n) is 7.73. The number of rotatable bonds is 1. The molecule has 0 saturated carbocycles. The third-order valence-electron chi connectivity index (χ3n) is 2.06. The summed E-state index contributed by atoms with van der Waals surface area (Å²) in [5, 5.41) is 0. The Kier molecular flexibility index (Phi) is 4.55. The summed E-state index contributed by atoms with van der Waals surface area (Å²) in [6, 6.07) is 0. The van der Waals surface area contributed by atoms with Gasteiger partial charge in [-0.25, -0.2) is 0 Å². The molecule has 0 aliphatic heterocycles. The maximum atomic E-state index is 2.28. The van der Waals surface area contributed by atoms with Crippen molar-refractivity contribution in [2.75, 3.05) is 0 Å². The quantitative estimate of drug-likeness (QED) is 0.644. The maximum Gasteiger partial charge on any atom is 0.0195 e. The van der Waals surface area contributed by atoms with Crippen LogP contribution in [0.1, 0.15) is 27.7 Å². The summed E-state index contributed by atoms with van der Waals surface area (Å²) in [4.78, 5) is 0. The Balaban J connectivity index is 0.000001000. The van der Waals surface area contributed by atoms with E-state index in [4.69, 9.17) is 0 Å². The minimum Gasteiger partial charge on any atom is -0.0699 e. The van der Waals surface area contributed by atoms with Crippen molar-refractivity contribution in [1.29, 1.82) is 0 Å². The van der Waals surface area contributed by atoms with Gasteiger partial charge in [-0.3, -0.25) is 0 Å². The molecule has 1 heteroatoms. The second kappa shape index (κ2) is 4.40. The fourth-order valence-corrected chi connectivity index (χ4v) is 1.10. The van der Waals surface area contributed by atoms with Gasteiger partial charge in [0.05, 0.1) is 0 Å². The SMILES string of the molecule is C[C]1C=C(C(C)C)C=C1C.[Zr]. The first-order valence-electron chi connectivity index (χ1n) is 3.85. The average molecular weight is 226 g/mol. The molecule has 0 heterocycles. The Morgan fingerprint density at radius 2 is 1.64 bits per heavy atom. The minimum atomic E-state index is 0. The van der Waals surface area contributed by atoms with E-state index in [9.17, 15) is 0 Å². The van der Waals surface area contributed by atoms with Crippen molar-refractivity contribution in [2.45, 2.75) is 27.7 Å². The van der Waals surface area contributed by atoms with E-state index in [2.05, 4.69) is 39.8 Å². The topological polar surface area (TPSA) is 0 Å². The van der Waals surface area contributed by atoms with Crippen LogP contribution in [-0.4, -0.2) is 0 Å². The molecule has 0 nitrogen and oxygen atoms in total. The van der Waals surface area contributed by atoms with E-state index in [0.29, 0.717) is 5.92 Å². The van der Waals surface area contributed by atoms with Crippen molar-refractivity contribution in [2.24, 2.45) is 5.92 Å². The van der Waals surface area contributed by atoms with Gasteiger partial charge >= 0.3 is 0 Å². The van der Waals surface area contributed by atoms with E-state index in [-0.39, 0.29) is 26.2 Å². The summed E-state index contributed by atoms with van der Waals surface area (Å²) in [5.41, 5.74) is 2.89. The number of hydrogen-bond donors (Lipinski definition) is 0. The van der Waals surface area contributed by atoms with Gasteiger partial charge in [-0.2, -0.15) is 0 Å². The van der Waals surface area contributed by atoms with Gasteiger partial charge in [0.25, 0.3) is 0 Å². The van der Waals surface area contributed by atoms with Gasteiger partial charge in [0, 0.05) is 32.1 Å². The van der Waals surface area contributed by atoms with Gasteiger partial charge in [0.15, 0.2) is 0 Å². The van der Waals surface area contributed by atoms with Gasteiger partial charge < -0.3 is 0 Å². The summed E-state index contributed by atoms with van der Waals surface area (Å²) in [5.74, 6) is 2.09. The van der Waals surface area contributed by atoms with Crippen LogP contribution in [0.25, 0.3) is 0 Å². The molecular formula is C10H15Zr. The zero-order chi connectivity index (χ0) is 7.72. The Labute approximate surface area is 88.9 Å². The van der Waals surface area contributed by atoms with Gasteiger partial charge in [-0.15, -0.1) is 0 Å². The molecule has 1 radical (unpaired) electrons. The van der Waals surface area contributed by atoms with E-state index in [1.54, 1.807) is 0 Å². The van der Waals surface area contributed by atoms with E-state index in [0.717, 1.165) is 0 Å². The molecule has 1 aliphatic rings. The minimum absolute atomic E-state index is 0. The van der Waals surface area contributed by atoms with E-state index in [1.165, 1.54) is 17.1 Å². The molecule has 0 unspecified atom stereocenters. The molecule has 0 aromatic rings. The molecule has 0 atom stereocenters. The Morgan fingerprint density at radius 3 is 1.82 bits per heavy atom. The molecule has 1 rings (SSSR count). The summed E-state index contributed by atoms with van der Waals surface area (Å²) >= 11 is 0. The third-order valence-corrected chi connectivity index (χ3v) is 2.06. The van der Waals surface area contributed by atoms with E-state index in [1.807, 2.05) is 0 Å². The fraction of sp³-hybridized carbons (Fsp3) is 0.500. The zero-order valence-corrected chi connectivity index (χ0v) is 10.2. The summed E-state index contributed by atoms with van der Waals surface area (Å²) < 4.78 is 0. The number of hydrogen-bond acceptors (Lipinski definition) is 0. The van der Waals surface area contributed by atoms with E-state index >= 15 is 0 Å². The van der Waals surface area contributed by atoms with Gasteiger partial charge in [-0.05, 0) is 18.4 Å². The first kappa shape index (κ1) is 11.4. The van der Waals surface area contributed by atoms with Crippen LogP contribution < -0.4 is 0 Å². The van der Waals surface area contributed by atoms with Crippen molar-refractivity contribution in [3.05, 3.63) is 29.2 Å². The molecule has 1 aliphatic carbocycles. The van der Waals surface area contributed by atoms with Gasteiger partial charge in [0.1, 0.15) is 0 Å². The summed E-state index contributed by atoms with van der Waals surface area (Å²) in [6.07, 6.45) is 4.56. The first-order valence-corrected chi connectivity index (χ1v) is 3.85. The van der Waals surface area contributed by atoms with Crippen LogP contribution in [0.2, 0.25) is 0 Å². The van der Waals surface area contributed by atoms with Crippen molar-refractivity contribution < 1.29 is 26.2 Å².